The zero-order valence-corrected chi connectivity index (χ0v) is 13.4. The molecule has 0 aliphatic carbocycles. The molecule has 21 heavy (non-hydrogen) atoms. The molecule has 2 rings (SSSR count). The Morgan fingerprint density at radius 3 is 2.76 bits per heavy atom. The topological polar surface area (TPSA) is 74.6 Å². The number of pyridine rings is 1. The summed E-state index contributed by atoms with van der Waals surface area (Å²) in [6, 6.07) is 5.62. The number of aromatic hydroxyl groups is 1. The minimum Gasteiger partial charge on any atom is -0.506 e. The number of hydrogen-bond acceptors (Lipinski definition) is 5. The molecular formula is C15H17BrN2O3. The third-order valence-electron chi connectivity index (χ3n) is 3.22. The normalized spacial score (nSPS) is 10.5. The lowest BCUT2D eigenvalue weighted by atomic mass is 10.1. The van der Waals surface area contributed by atoms with Gasteiger partial charge in [0.05, 0.1) is 23.9 Å². The van der Waals surface area contributed by atoms with Crippen LogP contribution in [0.4, 0.5) is 5.69 Å². The van der Waals surface area contributed by atoms with Crippen molar-refractivity contribution in [2.24, 2.45) is 0 Å². The molecule has 112 valence electrons. The molecule has 0 aliphatic heterocycles. The lowest BCUT2D eigenvalue weighted by Crippen LogP contribution is -2.05. The summed E-state index contributed by atoms with van der Waals surface area (Å²) in [6.45, 7) is 1.96. The van der Waals surface area contributed by atoms with E-state index in [4.69, 9.17) is 4.74 Å². The smallest absolute Gasteiger partial charge is 0.142 e. The molecule has 0 atom stereocenters. The minimum atomic E-state index is -0.163. The monoisotopic (exact) mass is 352 g/mol. The van der Waals surface area contributed by atoms with Crippen LogP contribution in [0, 0.1) is 6.92 Å². The first kappa shape index (κ1) is 15.6. The molecule has 0 saturated heterocycles. The van der Waals surface area contributed by atoms with E-state index in [2.05, 4.69) is 26.2 Å². The van der Waals surface area contributed by atoms with Crippen molar-refractivity contribution >= 4 is 21.6 Å². The van der Waals surface area contributed by atoms with Gasteiger partial charge in [-0.1, -0.05) is 0 Å². The maximum atomic E-state index is 10.1. The Kier molecular flexibility index (Phi) is 5.03. The third-order valence-corrected chi connectivity index (χ3v) is 3.84. The molecule has 1 aromatic carbocycles. The summed E-state index contributed by atoms with van der Waals surface area (Å²) in [5.74, 6) is 0.862. The second-order valence-electron chi connectivity index (χ2n) is 4.56. The molecule has 1 heterocycles. The molecular weight excluding hydrogens is 336 g/mol. The summed E-state index contributed by atoms with van der Waals surface area (Å²) in [6.07, 6.45) is 1.58. The van der Waals surface area contributed by atoms with E-state index < -0.39 is 0 Å². The maximum Gasteiger partial charge on any atom is 0.142 e. The van der Waals surface area contributed by atoms with Gasteiger partial charge in [-0.25, -0.2) is 0 Å². The van der Waals surface area contributed by atoms with E-state index >= 15 is 0 Å². The van der Waals surface area contributed by atoms with E-state index in [-0.39, 0.29) is 12.4 Å². The Labute approximate surface area is 131 Å². The average molecular weight is 353 g/mol. The summed E-state index contributed by atoms with van der Waals surface area (Å²) < 4.78 is 6.02. The standard InChI is InChI=1S/C15H17BrN2O3/c1-9-15(20)12(10(8-19)6-17-9)7-18-11-3-4-14(21-2)13(16)5-11/h3-6,18-20H,7-8H2,1-2H3. The first-order valence-electron chi connectivity index (χ1n) is 6.41. The average Bonchev–Trinajstić information content (AvgIpc) is 2.49. The predicted octanol–water partition coefficient (Wildman–Crippen LogP) is 2.97. The number of hydrogen-bond donors (Lipinski definition) is 3. The van der Waals surface area contributed by atoms with E-state index in [9.17, 15) is 10.2 Å². The number of aliphatic hydroxyl groups is 1. The van der Waals surface area contributed by atoms with Gasteiger partial charge in [-0.2, -0.15) is 0 Å². The van der Waals surface area contributed by atoms with Gasteiger partial charge in [0.15, 0.2) is 0 Å². The molecule has 0 unspecified atom stereocenters. The molecule has 0 radical (unpaired) electrons. The van der Waals surface area contributed by atoms with E-state index in [0.717, 1.165) is 15.9 Å². The van der Waals surface area contributed by atoms with Gasteiger partial charge in [-0.05, 0) is 41.1 Å². The quantitative estimate of drug-likeness (QED) is 0.771. The molecule has 0 fully saturated rings. The number of halogens is 1. The van der Waals surface area contributed by atoms with Crippen LogP contribution in [0.15, 0.2) is 28.9 Å². The van der Waals surface area contributed by atoms with Crippen LogP contribution < -0.4 is 10.1 Å². The van der Waals surface area contributed by atoms with Crippen molar-refractivity contribution in [3.63, 3.8) is 0 Å². The number of methoxy groups -OCH3 is 1. The van der Waals surface area contributed by atoms with Crippen LogP contribution in [-0.2, 0) is 13.2 Å². The zero-order chi connectivity index (χ0) is 15.4. The van der Waals surface area contributed by atoms with Gasteiger partial charge >= 0.3 is 0 Å². The lowest BCUT2D eigenvalue weighted by Gasteiger charge is -2.14. The Hall–Kier alpha value is -1.79. The number of aromatic nitrogens is 1. The van der Waals surface area contributed by atoms with Crippen LogP contribution >= 0.6 is 15.9 Å². The largest absolute Gasteiger partial charge is 0.506 e. The van der Waals surface area contributed by atoms with E-state index in [1.54, 1.807) is 20.2 Å². The van der Waals surface area contributed by atoms with Crippen molar-refractivity contribution in [1.82, 2.24) is 4.98 Å². The van der Waals surface area contributed by atoms with Gasteiger partial charge in [-0.3, -0.25) is 4.98 Å². The predicted molar refractivity (Wildman–Crippen MR) is 84.6 cm³/mol. The highest BCUT2D eigenvalue weighted by atomic mass is 79.9. The fourth-order valence-corrected chi connectivity index (χ4v) is 2.53. The van der Waals surface area contributed by atoms with Crippen molar-refractivity contribution in [3.8, 4) is 11.5 Å². The number of nitrogens with zero attached hydrogens (tertiary/aromatic N) is 1. The second-order valence-corrected chi connectivity index (χ2v) is 5.41. The Morgan fingerprint density at radius 1 is 1.38 bits per heavy atom. The van der Waals surface area contributed by atoms with Gasteiger partial charge in [0.1, 0.15) is 11.5 Å². The van der Waals surface area contributed by atoms with Gasteiger partial charge in [0, 0.05) is 29.6 Å². The Morgan fingerprint density at radius 2 is 2.14 bits per heavy atom. The first-order valence-corrected chi connectivity index (χ1v) is 7.20. The summed E-state index contributed by atoms with van der Waals surface area (Å²) in [5, 5.41) is 22.6. The molecule has 3 N–H and O–H groups in total. The van der Waals surface area contributed by atoms with Crippen molar-refractivity contribution in [2.45, 2.75) is 20.1 Å². The van der Waals surface area contributed by atoms with Crippen molar-refractivity contribution < 1.29 is 14.9 Å². The highest BCUT2D eigenvalue weighted by Gasteiger charge is 2.11. The molecule has 5 nitrogen and oxygen atoms in total. The van der Waals surface area contributed by atoms with Crippen LogP contribution in [0.3, 0.4) is 0 Å². The third kappa shape index (κ3) is 3.46. The van der Waals surface area contributed by atoms with Crippen LogP contribution in [0.5, 0.6) is 11.5 Å². The molecule has 0 spiro atoms. The van der Waals surface area contributed by atoms with E-state index in [1.807, 2.05) is 18.2 Å². The number of aliphatic hydroxyl groups excluding tert-OH is 1. The van der Waals surface area contributed by atoms with Crippen LogP contribution in [0.25, 0.3) is 0 Å². The lowest BCUT2D eigenvalue weighted by molar-refractivity contribution is 0.279. The van der Waals surface area contributed by atoms with Gasteiger partial charge < -0.3 is 20.3 Å². The van der Waals surface area contributed by atoms with E-state index in [0.29, 0.717) is 23.4 Å². The molecule has 0 bridgehead atoms. The number of rotatable bonds is 5. The highest BCUT2D eigenvalue weighted by molar-refractivity contribution is 9.10. The Bertz CT molecular complexity index is 647. The van der Waals surface area contributed by atoms with Crippen LogP contribution in [0.1, 0.15) is 16.8 Å². The van der Waals surface area contributed by atoms with Crippen molar-refractivity contribution in [3.05, 3.63) is 45.7 Å². The molecule has 6 heteroatoms. The van der Waals surface area contributed by atoms with E-state index in [1.165, 1.54) is 0 Å². The zero-order valence-electron chi connectivity index (χ0n) is 11.9. The number of aryl methyl sites for hydroxylation is 1. The summed E-state index contributed by atoms with van der Waals surface area (Å²) in [5.41, 5.74) is 2.68. The Balaban J connectivity index is 2.20. The fraction of sp³-hybridized carbons (Fsp3) is 0.267. The first-order chi connectivity index (χ1) is 10.1. The SMILES string of the molecule is COc1ccc(NCc2c(CO)cnc(C)c2O)cc1Br. The maximum absolute atomic E-state index is 10.1. The van der Waals surface area contributed by atoms with Gasteiger partial charge in [-0.15, -0.1) is 0 Å². The molecule has 0 amide bonds. The fourth-order valence-electron chi connectivity index (χ4n) is 1.98. The number of anilines is 1. The van der Waals surface area contributed by atoms with Crippen molar-refractivity contribution in [2.75, 3.05) is 12.4 Å². The summed E-state index contributed by atoms with van der Waals surface area (Å²) >= 11 is 3.42. The number of ether oxygens (including phenoxy) is 1. The van der Waals surface area contributed by atoms with Crippen molar-refractivity contribution in [1.29, 1.82) is 0 Å². The number of nitrogens with one attached hydrogen (secondary N) is 1. The van der Waals surface area contributed by atoms with Crippen LogP contribution in [-0.4, -0.2) is 22.3 Å². The van der Waals surface area contributed by atoms with Crippen LogP contribution in [0.2, 0.25) is 0 Å². The summed E-state index contributed by atoms with van der Waals surface area (Å²) in [4.78, 5) is 4.04. The molecule has 1 aromatic heterocycles. The highest BCUT2D eigenvalue weighted by Crippen LogP contribution is 2.29. The molecule has 0 saturated carbocycles. The van der Waals surface area contributed by atoms with Gasteiger partial charge in [0.25, 0.3) is 0 Å². The molecule has 0 aliphatic rings. The second kappa shape index (κ2) is 6.78. The number of benzene rings is 1. The molecule has 2 aromatic rings. The summed E-state index contributed by atoms with van der Waals surface area (Å²) in [7, 11) is 1.61. The van der Waals surface area contributed by atoms with Gasteiger partial charge in [0.2, 0.25) is 0 Å². The minimum absolute atomic E-state index is 0.113.